The van der Waals surface area contributed by atoms with Crippen molar-refractivity contribution in [2.24, 2.45) is 0 Å². The van der Waals surface area contributed by atoms with E-state index in [4.69, 9.17) is 9.47 Å². The van der Waals surface area contributed by atoms with E-state index in [1.807, 2.05) is 0 Å². The Balaban J connectivity index is 2.02. The lowest BCUT2D eigenvalue weighted by molar-refractivity contribution is -0.385. The van der Waals surface area contributed by atoms with Crippen molar-refractivity contribution in [2.75, 3.05) is 25.6 Å². The van der Waals surface area contributed by atoms with Gasteiger partial charge in [0, 0.05) is 31.0 Å². The highest BCUT2D eigenvalue weighted by atomic mass is 16.6. The van der Waals surface area contributed by atoms with Gasteiger partial charge < -0.3 is 14.8 Å². The van der Waals surface area contributed by atoms with E-state index in [2.05, 4.69) is 5.32 Å². The number of nitrogens with one attached hydrogen (secondary N) is 1. The molecular weight excluding hydrogens is 236 g/mol. The summed E-state index contributed by atoms with van der Waals surface area (Å²) in [5, 5.41) is 13.9. The Bertz CT molecular complexity index is 430. The summed E-state index contributed by atoms with van der Waals surface area (Å²) in [6, 6.07) is 4.75. The molecule has 1 saturated heterocycles. The first-order valence-corrected chi connectivity index (χ1v) is 5.88. The molecule has 0 bridgehead atoms. The summed E-state index contributed by atoms with van der Waals surface area (Å²) in [5.41, 5.74) is 0.771. The Morgan fingerprint density at radius 3 is 3.06 bits per heavy atom. The van der Waals surface area contributed by atoms with Gasteiger partial charge in [0.1, 0.15) is 0 Å². The first-order valence-electron chi connectivity index (χ1n) is 5.88. The van der Waals surface area contributed by atoms with Gasteiger partial charge in [0.15, 0.2) is 5.75 Å². The molecule has 1 unspecified atom stereocenters. The van der Waals surface area contributed by atoms with Crippen LogP contribution >= 0.6 is 0 Å². The predicted molar refractivity (Wildman–Crippen MR) is 67.1 cm³/mol. The topological polar surface area (TPSA) is 73.6 Å². The standard InChI is InChI=1S/C12H16N2O4/c1-17-12-7-9(4-5-11(12)14(15)16)13-8-10-3-2-6-18-10/h4-5,7,10,13H,2-3,6,8H2,1H3. The molecule has 18 heavy (non-hydrogen) atoms. The number of hydrogen-bond acceptors (Lipinski definition) is 5. The maximum Gasteiger partial charge on any atom is 0.311 e. The number of ether oxygens (including phenoxy) is 2. The van der Waals surface area contributed by atoms with Crippen LogP contribution in [0.25, 0.3) is 0 Å². The van der Waals surface area contributed by atoms with E-state index in [9.17, 15) is 10.1 Å². The van der Waals surface area contributed by atoms with Crippen LogP contribution in [-0.2, 0) is 4.74 Å². The molecule has 1 aromatic carbocycles. The largest absolute Gasteiger partial charge is 0.490 e. The van der Waals surface area contributed by atoms with Crippen LogP contribution in [-0.4, -0.2) is 31.3 Å². The molecule has 1 atom stereocenters. The van der Waals surface area contributed by atoms with Crippen LogP contribution in [0.15, 0.2) is 18.2 Å². The molecule has 1 aliphatic heterocycles. The fourth-order valence-corrected chi connectivity index (χ4v) is 1.98. The lowest BCUT2D eigenvalue weighted by Gasteiger charge is -2.12. The molecule has 0 aliphatic carbocycles. The molecule has 1 heterocycles. The summed E-state index contributed by atoms with van der Waals surface area (Å²) in [5.74, 6) is 0.261. The lowest BCUT2D eigenvalue weighted by atomic mass is 10.2. The lowest BCUT2D eigenvalue weighted by Crippen LogP contribution is -2.18. The third-order valence-electron chi connectivity index (χ3n) is 2.93. The van der Waals surface area contributed by atoms with E-state index in [1.54, 1.807) is 12.1 Å². The first-order chi connectivity index (χ1) is 8.70. The Labute approximate surface area is 105 Å². The molecule has 0 saturated carbocycles. The van der Waals surface area contributed by atoms with Crippen LogP contribution < -0.4 is 10.1 Å². The molecule has 98 valence electrons. The molecule has 0 aromatic heterocycles. The van der Waals surface area contributed by atoms with E-state index in [-0.39, 0.29) is 17.5 Å². The molecule has 0 amide bonds. The van der Waals surface area contributed by atoms with Gasteiger partial charge in [-0.1, -0.05) is 0 Å². The van der Waals surface area contributed by atoms with Crippen LogP contribution in [0.4, 0.5) is 11.4 Å². The fraction of sp³-hybridized carbons (Fsp3) is 0.500. The third kappa shape index (κ3) is 2.89. The van der Waals surface area contributed by atoms with Gasteiger partial charge in [-0.15, -0.1) is 0 Å². The highest BCUT2D eigenvalue weighted by Crippen LogP contribution is 2.29. The van der Waals surface area contributed by atoms with Gasteiger partial charge in [-0.25, -0.2) is 0 Å². The Hall–Kier alpha value is -1.82. The van der Waals surface area contributed by atoms with E-state index in [1.165, 1.54) is 13.2 Å². The van der Waals surface area contributed by atoms with Gasteiger partial charge in [0.05, 0.1) is 18.1 Å². The molecular formula is C12H16N2O4. The van der Waals surface area contributed by atoms with Crippen LogP contribution in [0, 0.1) is 10.1 Å². The second-order valence-corrected chi connectivity index (χ2v) is 4.16. The summed E-state index contributed by atoms with van der Waals surface area (Å²) in [6.07, 6.45) is 2.37. The molecule has 1 N–H and O–H groups in total. The van der Waals surface area contributed by atoms with Crippen molar-refractivity contribution in [2.45, 2.75) is 18.9 Å². The second kappa shape index (κ2) is 5.68. The van der Waals surface area contributed by atoms with E-state index in [0.29, 0.717) is 6.54 Å². The summed E-state index contributed by atoms with van der Waals surface area (Å²) in [4.78, 5) is 10.3. The van der Waals surface area contributed by atoms with Gasteiger partial charge in [-0.3, -0.25) is 10.1 Å². The van der Waals surface area contributed by atoms with E-state index >= 15 is 0 Å². The number of anilines is 1. The number of methoxy groups -OCH3 is 1. The Morgan fingerprint density at radius 2 is 2.44 bits per heavy atom. The van der Waals surface area contributed by atoms with Gasteiger partial charge in [0.2, 0.25) is 0 Å². The summed E-state index contributed by atoms with van der Waals surface area (Å²) in [7, 11) is 1.42. The van der Waals surface area contributed by atoms with Crippen molar-refractivity contribution in [1.29, 1.82) is 0 Å². The van der Waals surface area contributed by atoms with E-state index < -0.39 is 4.92 Å². The minimum atomic E-state index is -0.456. The van der Waals surface area contributed by atoms with Crippen molar-refractivity contribution in [3.8, 4) is 5.75 Å². The van der Waals surface area contributed by atoms with Gasteiger partial charge in [0.25, 0.3) is 0 Å². The van der Waals surface area contributed by atoms with Crippen molar-refractivity contribution in [1.82, 2.24) is 0 Å². The third-order valence-corrected chi connectivity index (χ3v) is 2.93. The SMILES string of the molecule is COc1cc(NCC2CCCO2)ccc1[N+](=O)[O-]. The second-order valence-electron chi connectivity index (χ2n) is 4.16. The number of rotatable bonds is 5. The zero-order chi connectivity index (χ0) is 13.0. The van der Waals surface area contributed by atoms with Gasteiger partial charge in [-0.05, 0) is 18.9 Å². The minimum absolute atomic E-state index is 0.0276. The fourth-order valence-electron chi connectivity index (χ4n) is 1.98. The quantitative estimate of drug-likeness (QED) is 0.642. The molecule has 6 heteroatoms. The Morgan fingerprint density at radius 1 is 1.61 bits per heavy atom. The van der Waals surface area contributed by atoms with Gasteiger partial charge >= 0.3 is 5.69 Å². The summed E-state index contributed by atoms with van der Waals surface area (Å²) >= 11 is 0. The maximum atomic E-state index is 10.7. The molecule has 1 aromatic rings. The molecule has 0 radical (unpaired) electrons. The van der Waals surface area contributed by atoms with Crippen LogP contribution in [0.2, 0.25) is 0 Å². The maximum absolute atomic E-state index is 10.7. The Kier molecular flexibility index (Phi) is 3.99. The first kappa shape index (κ1) is 12.6. The number of nitrogens with zero attached hydrogens (tertiary/aromatic N) is 1. The number of nitro groups is 1. The summed E-state index contributed by atoms with van der Waals surface area (Å²) < 4.78 is 10.5. The smallest absolute Gasteiger partial charge is 0.311 e. The normalized spacial score (nSPS) is 18.6. The van der Waals surface area contributed by atoms with Crippen molar-refractivity contribution in [3.63, 3.8) is 0 Å². The highest BCUT2D eigenvalue weighted by molar-refractivity contribution is 5.57. The van der Waals surface area contributed by atoms with Gasteiger partial charge in [-0.2, -0.15) is 0 Å². The number of benzene rings is 1. The predicted octanol–water partition coefficient (Wildman–Crippen LogP) is 2.19. The average molecular weight is 252 g/mol. The molecule has 1 fully saturated rings. The zero-order valence-corrected chi connectivity index (χ0v) is 10.2. The van der Waals surface area contributed by atoms with Crippen LogP contribution in [0.1, 0.15) is 12.8 Å². The number of nitro benzene ring substituents is 1. The molecule has 1 aliphatic rings. The monoisotopic (exact) mass is 252 g/mol. The minimum Gasteiger partial charge on any atom is -0.490 e. The molecule has 0 spiro atoms. The molecule has 6 nitrogen and oxygen atoms in total. The number of hydrogen-bond donors (Lipinski definition) is 1. The summed E-state index contributed by atoms with van der Waals surface area (Å²) in [6.45, 7) is 1.52. The van der Waals surface area contributed by atoms with Crippen LogP contribution in [0.5, 0.6) is 5.75 Å². The van der Waals surface area contributed by atoms with Crippen molar-refractivity contribution >= 4 is 11.4 Å². The van der Waals surface area contributed by atoms with Crippen molar-refractivity contribution < 1.29 is 14.4 Å². The zero-order valence-electron chi connectivity index (χ0n) is 10.2. The molecule has 2 rings (SSSR count). The van der Waals surface area contributed by atoms with Crippen LogP contribution in [0.3, 0.4) is 0 Å². The van der Waals surface area contributed by atoms with Crippen molar-refractivity contribution in [3.05, 3.63) is 28.3 Å². The highest BCUT2D eigenvalue weighted by Gasteiger charge is 2.17. The van der Waals surface area contributed by atoms with E-state index in [0.717, 1.165) is 25.1 Å². The average Bonchev–Trinajstić information content (AvgIpc) is 2.88.